The van der Waals surface area contributed by atoms with E-state index in [0.29, 0.717) is 5.69 Å². The van der Waals surface area contributed by atoms with Crippen LogP contribution in [0.1, 0.15) is 38.9 Å². The van der Waals surface area contributed by atoms with Gasteiger partial charge in [0.15, 0.2) is 0 Å². The number of carbonyl (C=O) groups is 1. The smallest absolute Gasteiger partial charge is 0.243 e. The number of nitrogens with zero attached hydrogens (tertiary/aromatic N) is 4. The number of hydrogen-bond donors (Lipinski definition) is 1. The van der Waals surface area contributed by atoms with E-state index in [1.165, 1.54) is 23.1 Å². The highest BCUT2D eigenvalue weighted by molar-refractivity contribution is 7.89. The van der Waals surface area contributed by atoms with E-state index in [0.717, 1.165) is 65.7 Å². The molecule has 1 amide bonds. The maximum Gasteiger partial charge on any atom is 0.243 e. The third-order valence-corrected chi connectivity index (χ3v) is 9.11. The summed E-state index contributed by atoms with van der Waals surface area (Å²) in [6, 6.07) is 10.9. The Hall–Kier alpha value is -3.43. The fourth-order valence-electron chi connectivity index (χ4n) is 5.04. The number of aromatic nitrogens is 2. The van der Waals surface area contributed by atoms with Crippen LogP contribution in [0.3, 0.4) is 0 Å². The first kappa shape index (κ1) is 25.2. The highest BCUT2D eigenvalue weighted by Crippen LogP contribution is 2.37. The molecule has 8 nitrogen and oxygen atoms in total. The number of sulfonamides is 1. The molecule has 2 aromatic heterocycles. The lowest BCUT2D eigenvalue weighted by atomic mass is 9.98. The summed E-state index contributed by atoms with van der Waals surface area (Å²) in [5, 5.41) is 0. The molecule has 1 aliphatic heterocycles. The van der Waals surface area contributed by atoms with Gasteiger partial charge >= 0.3 is 0 Å². The van der Waals surface area contributed by atoms with E-state index in [2.05, 4.69) is 33.9 Å². The number of carbonyl (C=O) groups excluding carboxylic acids is 1. The molecular weight excluding hydrogens is 486 g/mol. The van der Waals surface area contributed by atoms with Gasteiger partial charge in [-0.25, -0.2) is 8.42 Å². The number of allylic oxidation sites excluding steroid dienone is 1. The summed E-state index contributed by atoms with van der Waals surface area (Å²) in [5.74, 6) is -0.328. The van der Waals surface area contributed by atoms with Crippen molar-refractivity contribution in [2.75, 3.05) is 43.5 Å². The van der Waals surface area contributed by atoms with Crippen LogP contribution < -0.4 is 9.80 Å². The zero-order valence-electron chi connectivity index (χ0n) is 21.6. The van der Waals surface area contributed by atoms with Crippen LogP contribution in [-0.4, -0.2) is 62.3 Å². The Morgan fingerprint density at radius 1 is 1.08 bits per heavy atom. The van der Waals surface area contributed by atoms with Gasteiger partial charge in [0.05, 0.1) is 11.4 Å². The third kappa shape index (κ3) is 5.06. The van der Waals surface area contributed by atoms with Crippen molar-refractivity contribution in [3.8, 4) is 11.3 Å². The maximum atomic E-state index is 13.6. The lowest BCUT2D eigenvalue weighted by Gasteiger charge is -2.24. The van der Waals surface area contributed by atoms with Crippen molar-refractivity contribution < 1.29 is 14.6 Å². The minimum absolute atomic E-state index is 0. The summed E-state index contributed by atoms with van der Waals surface area (Å²) in [6.07, 6.45) is 9.62. The summed E-state index contributed by atoms with van der Waals surface area (Å²) < 4.78 is 28.3. The average molecular weight is 522 g/mol. The second-order valence-corrected chi connectivity index (χ2v) is 11.9. The lowest BCUT2D eigenvalue weighted by Crippen LogP contribution is -2.39. The van der Waals surface area contributed by atoms with Crippen LogP contribution in [-0.2, 0) is 21.2 Å². The number of amides is 1. The number of anilines is 2. The summed E-state index contributed by atoms with van der Waals surface area (Å²) in [5.41, 5.74) is 7.17. The zero-order chi connectivity index (χ0) is 26.2. The molecular formula is C28H35N5O3S. The SMILES string of the molecule is CC1=Cc2[nH]c(-c3cc(S(=O)(=O)N(C)CC(=O)N(C)c4ccncc4)ccc3N3CCCC3)cc2CC1.[HH]. The van der Waals surface area contributed by atoms with Crippen LogP contribution in [0.25, 0.3) is 17.3 Å². The highest BCUT2D eigenvalue weighted by atomic mass is 32.2. The molecule has 0 unspecified atom stereocenters. The molecule has 1 N–H and O–H groups in total. The number of benzene rings is 1. The average Bonchev–Trinajstić information content (AvgIpc) is 3.58. The van der Waals surface area contributed by atoms with Crippen molar-refractivity contribution in [3.63, 3.8) is 0 Å². The normalized spacial score (nSPS) is 15.6. The fraction of sp³-hybridized carbons (Fsp3) is 0.357. The summed E-state index contributed by atoms with van der Waals surface area (Å²) in [6.45, 7) is 3.77. The Kier molecular flexibility index (Phi) is 6.92. The maximum absolute atomic E-state index is 13.6. The number of H-pyrrole nitrogens is 1. The Bertz CT molecular complexity index is 1450. The molecule has 1 aromatic carbocycles. The van der Waals surface area contributed by atoms with E-state index < -0.39 is 10.0 Å². The van der Waals surface area contributed by atoms with Gasteiger partial charge < -0.3 is 14.8 Å². The van der Waals surface area contributed by atoms with Crippen molar-refractivity contribution in [2.24, 2.45) is 0 Å². The number of aryl methyl sites for hydroxylation is 1. The fourth-order valence-corrected chi connectivity index (χ4v) is 6.19. The van der Waals surface area contributed by atoms with Crippen LogP contribution in [0.2, 0.25) is 0 Å². The van der Waals surface area contributed by atoms with Gasteiger partial charge in [-0.2, -0.15) is 4.31 Å². The van der Waals surface area contributed by atoms with Crippen LogP contribution in [0.4, 0.5) is 11.4 Å². The summed E-state index contributed by atoms with van der Waals surface area (Å²) in [7, 11) is -0.826. The molecule has 0 atom stereocenters. The van der Waals surface area contributed by atoms with Gasteiger partial charge in [0, 0.05) is 69.3 Å². The van der Waals surface area contributed by atoms with Crippen LogP contribution >= 0.6 is 0 Å². The van der Waals surface area contributed by atoms with Crippen molar-refractivity contribution >= 4 is 33.4 Å². The number of hydrogen-bond acceptors (Lipinski definition) is 5. The minimum atomic E-state index is -3.90. The molecule has 1 fully saturated rings. The Labute approximate surface area is 220 Å². The predicted molar refractivity (Wildman–Crippen MR) is 149 cm³/mol. The summed E-state index contributed by atoms with van der Waals surface area (Å²) >= 11 is 0. The number of rotatable bonds is 7. The molecule has 3 heterocycles. The quantitative estimate of drug-likeness (QED) is 0.493. The van der Waals surface area contributed by atoms with E-state index >= 15 is 0 Å². The Morgan fingerprint density at radius 3 is 2.54 bits per heavy atom. The van der Waals surface area contributed by atoms with Gasteiger partial charge in [0.25, 0.3) is 0 Å². The monoisotopic (exact) mass is 521 g/mol. The number of fused-ring (bicyclic) bond motifs is 1. The third-order valence-electron chi connectivity index (χ3n) is 7.31. The van der Waals surface area contributed by atoms with Gasteiger partial charge in [-0.3, -0.25) is 9.78 Å². The Morgan fingerprint density at radius 2 is 1.81 bits per heavy atom. The topological polar surface area (TPSA) is 89.6 Å². The summed E-state index contributed by atoms with van der Waals surface area (Å²) in [4.78, 5) is 24.3. The standard InChI is InChI=1S/C28H33N5O3S.H2/c1-20-6-7-21-17-26(30-25(21)16-20)24-18-23(8-9-27(24)33-14-4-5-15-33)37(35,36)31(2)19-28(34)32(3)22-10-12-29-13-11-22;/h8-13,16-18,30H,4-7,14-15,19H2,1-3H3;1H. The molecule has 1 saturated heterocycles. The number of pyridine rings is 1. The first-order chi connectivity index (χ1) is 17.7. The van der Waals surface area contributed by atoms with E-state index in [-0.39, 0.29) is 18.8 Å². The van der Waals surface area contributed by atoms with Gasteiger partial charge in [-0.05, 0) is 80.6 Å². The second-order valence-electron chi connectivity index (χ2n) is 9.90. The van der Waals surface area contributed by atoms with Crippen molar-refractivity contribution in [1.82, 2.24) is 14.3 Å². The van der Waals surface area contributed by atoms with Crippen LogP contribution in [0.15, 0.2) is 59.3 Å². The van der Waals surface area contributed by atoms with Crippen LogP contribution in [0.5, 0.6) is 0 Å². The molecule has 0 saturated carbocycles. The number of aromatic amines is 1. The molecule has 0 bridgehead atoms. The first-order valence-corrected chi connectivity index (χ1v) is 14.1. The largest absolute Gasteiger partial charge is 0.371 e. The molecule has 5 rings (SSSR count). The zero-order valence-corrected chi connectivity index (χ0v) is 22.4. The van der Waals surface area contributed by atoms with Crippen molar-refractivity contribution in [3.05, 3.63) is 65.6 Å². The number of likely N-dealkylation sites (N-methyl/N-ethyl adjacent to an activating group) is 2. The first-order valence-electron chi connectivity index (χ1n) is 12.7. The van der Waals surface area contributed by atoms with Gasteiger partial charge in [0.1, 0.15) is 0 Å². The van der Waals surface area contributed by atoms with E-state index in [1.54, 1.807) is 43.7 Å². The predicted octanol–water partition coefficient (Wildman–Crippen LogP) is 4.56. The minimum Gasteiger partial charge on any atom is -0.371 e. The van der Waals surface area contributed by atoms with Gasteiger partial charge in [0.2, 0.25) is 15.9 Å². The van der Waals surface area contributed by atoms with Gasteiger partial charge in [-0.15, -0.1) is 0 Å². The molecule has 1 aliphatic carbocycles. The number of nitrogens with one attached hydrogen (secondary N) is 1. The van der Waals surface area contributed by atoms with Gasteiger partial charge in [-0.1, -0.05) is 5.57 Å². The molecule has 3 aromatic rings. The molecule has 9 heteroatoms. The van der Waals surface area contributed by atoms with E-state index in [1.807, 2.05) is 6.07 Å². The molecule has 2 aliphatic rings. The van der Waals surface area contributed by atoms with E-state index in [9.17, 15) is 13.2 Å². The molecule has 0 radical (unpaired) electrons. The molecule has 196 valence electrons. The highest BCUT2D eigenvalue weighted by Gasteiger charge is 2.27. The lowest BCUT2D eigenvalue weighted by molar-refractivity contribution is -0.118. The van der Waals surface area contributed by atoms with Crippen molar-refractivity contribution in [2.45, 2.75) is 37.5 Å². The Balaban J connectivity index is 0.00000336. The van der Waals surface area contributed by atoms with E-state index in [4.69, 9.17) is 0 Å². The van der Waals surface area contributed by atoms with Crippen LogP contribution in [0, 0.1) is 0 Å². The molecule has 37 heavy (non-hydrogen) atoms. The second kappa shape index (κ2) is 10.1. The molecule has 0 spiro atoms. The van der Waals surface area contributed by atoms with Crippen molar-refractivity contribution in [1.29, 1.82) is 0 Å².